The maximum absolute atomic E-state index is 12.0. The average Bonchev–Trinajstić information content (AvgIpc) is 3.14. The van der Waals surface area contributed by atoms with Gasteiger partial charge in [0.05, 0.1) is 12.8 Å². The zero-order valence-electron chi connectivity index (χ0n) is 10.7. The largest absolute Gasteiger partial charge is 0.468 e. The van der Waals surface area contributed by atoms with Crippen LogP contribution in [0.2, 0.25) is 0 Å². The number of amides is 1. The third-order valence-electron chi connectivity index (χ3n) is 3.79. The number of carbonyl (C=O) groups excluding carboxylic acids is 1. The smallest absolute Gasteiger partial charge is 0.225 e. The fourth-order valence-corrected chi connectivity index (χ4v) is 2.56. The maximum Gasteiger partial charge on any atom is 0.225 e. The minimum Gasteiger partial charge on any atom is -0.468 e. The van der Waals surface area contributed by atoms with E-state index in [1.54, 1.807) is 6.26 Å². The van der Waals surface area contributed by atoms with Gasteiger partial charge >= 0.3 is 0 Å². The van der Waals surface area contributed by atoms with Crippen LogP contribution in [-0.2, 0) is 11.3 Å². The molecule has 2 aliphatic rings. The van der Waals surface area contributed by atoms with E-state index in [4.69, 9.17) is 4.42 Å². The summed E-state index contributed by atoms with van der Waals surface area (Å²) in [4.78, 5) is 16.5. The molecule has 0 bridgehead atoms. The summed E-state index contributed by atoms with van der Waals surface area (Å²) in [5, 5.41) is 0. The highest BCUT2D eigenvalue weighted by atomic mass is 16.3. The van der Waals surface area contributed by atoms with Crippen LogP contribution in [0.15, 0.2) is 22.8 Å². The molecular formula is C14H20N2O2. The first-order valence-electron chi connectivity index (χ1n) is 6.86. The summed E-state index contributed by atoms with van der Waals surface area (Å²) in [5.41, 5.74) is 0. The number of furan rings is 1. The molecule has 0 radical (unpaired) electrons. The molecule has 4 nitrogen and oxygen atoms in total. The molecule has 0 aromatic carbocycles. The first kappa shape index (κ1) is 11.8. The number of rotatable bonds is 3. The standard InChI is InChI=1S/C14H20N2O2/c17-14(12-4-5-12)16-7-2-6-15(8-9-16)11-13-3-1-10-18-13/h1,3,10,12H,2,4-9,11H2. The number of carbonyl (C=O) groups is 1. The fraction of sp³-hybridized carbons (Fsp3) is 0.643. The Morgan fingerprint density at radius 2 is 2.17 bits per heavy atom. The minimum atomic E-state index is 0.349. The topological polar surface area (TPSA) is 36.7 Å². The Bertz CT molecular complexity index is 398. The van der Waals surface area contributed by atoms with Crippen LogP contribution < -0.4 is 0 Å². The van der Waals surface area contributed by atoms with E-state index in [1.807, 2.05) is 12.1 Å². The summed E-state index contributed by atoms with van der Waals surface area (Å²) in [6.07, 6.45) is 4.99. The second-order valence-corrected chi connectivity index (χ2v) is 5.31. The molecule has 1 saturated heterocycles. The lowest BCUT2D eigenvalue weighted by atomic mass is 10.3. The fourth-order valence-electron chi connectivity index (χ4n) is 2.56. The highest BCUT2D eigenvalue weighted by Crippen LogP contribution is 2.31. The van der Waals surface area contributed by atoms with Crippen LogP contribution in [0.4, 0.5) is 0 Å². The lowest BCUT2D eigenvalue weighted by molar-refractivity contribution is -0.132. The molecule has 1 aliphatic heterocycles. The number of nitrogens with zero attached hydrogens (tertiary/aromatic N) is 2. The molecule has 4 heteroatoms. The van der Waals surface area contributed by atoms with Gasteiger partial charge in [0.25, 0.3) is 0 Å². The van der Waals surface area contributed by atoms with Crippen molar-refractivity contribution in [2.45, 2.75) is 25.8 Å². The molecule has 2 fully saturated rings. The quantitative estimate of drug-likeness (QED) is 0.817. The van der Waals surface area contributed by atoms with Crippen LogP contribution in [0, 0.1) is 5.92 Å². The molecule has 0 N–H and O–H groups in total. The molecule has 1 saturated carbocycles. The predicted molar refractivity (Wildman–Crippen MR) is 67.9 cm³/mol. The van der Waals surface area contributed by atoms with E-state index in [9.17, 15) is 4.79 Å². The summed E-state index contributed by atoms with van der Waals surface area (Å²) in [6.45, 7) is 4.66. The lowest BCUT2D eigenvalue weighted by Crippen LogP contribution is -2.35. The van der Waals surface area contributed by atoms with Crippen molar-refractivity contribution in [1.29, 1.82) is 0 Å². The predicted octanol–water partition coefficient (Wildman–Crippen LogP) is 1.72. The van der Waals surface area contributed by atoms with Crippen LogP contribution >= 0.6 is 0 Å². The van der Waals surface area contributed by atoms with Crippen LogP contribution in [0.5, 0.6) is 0 Å². The van der Waals surface area contributed by atoms with Gasteiger partial charge in [0.1, 0.15) is 5.76 Å². The Labute approximate surface area is 108 Å². The molecule has 1 aromatic rings. The first-order chi connectivity index (χ1) is 8.83. The molecule has 98 valence electrons. The molecule has 1 aliphatic carbocycles. The van der Waals surface area contributed by atoms with E-state index in [0.29, 0.717) is 11.8 Å². The Balaban J connectivity index is 1.53. The number of hydrogen-bond acceptors (Lipinski definition) is 3. The van der Waals surface area contributed by atoms with Gasteiger partial charge in [0.2, 0.25) is 5.91 Å². The summed E-state index contributed by atoms with van der Waals surface area (Å²) in [6, 6.07) is 3.94. The van der Waals surface area contributed by atoms with Crippen molar-refractivity contribution in [3.8, 4) is 0 Å². The van der Waals surface area contributed by atoms with E-state index >= 15 is 0 Å². The summed E-state index contributed by atoms with van der Waals surface area (Å²) >= 11 is 0. The molecule has 0 spiro atoms. The lowest BCUT2D eigenvalue weighted by Gasteiger charge is -2.21. The van der Waals surface area contributed by atoms with Crippen LogP contribution in [0.3, 0.4) is 0 Å². The van der Waals surface area contributed by atoms with Gasteiger partial charge in [-0.25, -0.2) is 0 Å². The van der Waals surface area contributed by atoms with Crippen molar-refractivity contribution >= 4 is 5.91 Å². The van der Waals surface area contributed by atoms with Gasteiger partial charge < -0.3 is 9.32 Å². The second-order valence-electron chi connectivity index (χ2n) is 5.31. The highest BCUT2D eigenvalue weighted by Gasteiger charge is 2.33. The van der Waals surface area contributed by atoms with Crippen molar-refractivity contribution in [3.05, 3.63) is 24.2 Å². The summed E-state index contributed by atoms with van der Waals surface area (Å²) in [7, 11) is 0. The first-order valence-corrected chi connectivity index (χ1v) is 6.86. The van der Waals surface area contributed by atoms with Crippen molar-refractivity contribution in [2.24, 2.45) is 5.92 Å². The van der Waals surface area contributed by atoms with Gasteiger partial charge in [-0.1, -0.05) is 0 Å². The van der Waals surface area contributed by atoms with Crippen molar-refractivity contribution < 1.29 is 9.21 Å². The third-order valence-corrected chi connectivity index (χ3v) is 3.79. The Morgan fingerprint density at radius 3 is 2.89 bits per heavy atom. The van der Waals surface area contributed by atoms with E-state index < -0.39 is 0 Å². The maximum atomic E-state index is 12.0. The molecule has 1 aromatic heterocycles. The van der Waals surface area contributed by atoms with Gasteiger partial charge in [-0.2, -0.15) is 0 Å². The van der Waals surface area contributed by atoms with Gasteiger partial charge in [0.15, 0.2) is 0 Å². The second kappa shape index (κ2) is 5.14. The molecule has 18 heavy (non-hydrogen) atoms. The molecule has 1 amide bonds. The molecule has 0 atom stereocenters. The van der Waals surface area contributed by atoms with E-state index in [1.165, 1.54) is 0 Å². The van der Waals surface area contributed by atoms with Crippen LogP contribution in [-0.4, -0.2) is 41.9 Å². The van der Waals surface area contributed by atoms with Gasteiger partial charge in [-0.05, 0) is 31.4 Å². The SMILES string of the molecule is O=C(C1CC1)N1CCCN(Cc2ccco2)CC1. The van der Waals surface area contributed by atoms with Crippen molar-refractivity contribution in [1.82, 2.24) is 9.80 Å². The molecule has 0 unspecified atom stereocenters. The zero-order valence-corrected chi connectivity index (χ0v) is 10.7. The number of hydrogen-bond donors (Lipinski definition) is 0. The van der Waals surface area contributed by atoms with Gasteiger partial charge in [-0.15, -0.1) is 0 Å². The van der Waals surface area contributed by atoms with E-state index in [2.05, 4.69) is 9.80 Å². The minimum absolute atomic E-state index is 0.349. The summed E-state index contributed by atoms with van der Waals surface area (Å²) < 4.78 is 5.38. The highest BCUT2D eigenvalue weighted by molar-refractivity contribution is 5.81. The van der Waals surface area contributed by atoms with Crippen LogP contribution in [0.25, 0.3) is 0 Å². The van der Waals surface area contributed by atoms with Crippen molar-refractivity contribution in [3.63, 3.8) is 0 Å². The molecular weight excluding hydrogens is 228 g/mol. The monoisotopic (exact) mass is 248 g/mol. The van der Waals surface area contributed by atoms with E-state index in [-0.39, 0.29) is 0 Å². The van der Waals surface area contributed by atoms with Gasteiger partial charge in [-0.3, -0.25) is 9.69 Å². The Morgan fingerprint density at radius 1 is 1.28 bits per heavy atom. The third kappa shape index (κ3) is 2.75. The van der Waals surface area contributed by atoms with Crippen LogP contribution in [0.1, 0.15) is 25.0 Å². The summed E-state index contributed by atoms with van der Waals surface area (Å²) in [5.74, 6) is 1.74. The van der Waals surface area contributed by atoms with Gasteiger partial charge in [0, 0.05) is 32.1 Å². The Kier molecular flexibility index (Phi) is 3.37. The van der Waals surface area contributed by atoms with Crippen molar-refractivity contribution in [2.75, 3.05) is 26.2 Å². The average molecular weight is 248 g/mol. The normalized spacial score (nSPS) is 21.9. The zero-order chi connectivity index (χ0) is 12.4. The van der Waals surface area contributed by atoms with E-state index in [0.717, 1.165) is 57.7 Å². The Hall–Kier alpha value is -1.29. The molecule has 2 heterocycles. The molecule has 3 rings (SSSR count).